The first kappa shape index (κ1) is 28.7. The summed E-state index contributed by atoms with van der Waals surface area (Å²) in [5.41, 5.74) is -1.14. The second kappa shape index (κ2) is 11.8. The molecule has 1 atom stereocenters. The Kier molecular flexibility index (Phi) is 8.29. The lowest BCUT2D eigenvalue weighted by atomic mass is 10.2. The molecule has 0 radical (unpaired) electrons. The molecule has 41 heavy (non-hydrogen) atoms. The Hall–Kier alpha value is -5.29. The number of alkyl halides is 5. The number of pyridine rings is 1. The van der Waals surface area contributed by atoms with Crippen molar-refractivity contribution >= 4 is 17.7 Å². The SMILES string of the molecule is O=C(NCc1ccccc1-n1cnnn1)C(OC(=O)C(F)(F)F)n1ccnc(NCC(F)(F)c2ccccn2)c1=O. The van der Waals surface area contributed by atoms with Crippen LogP contribution in [-0.2, 0) is 26.8 Å². The number of tetrazole rings is 1. The zero-order chi connectivity index (χ0) is 29.6. The molecule has 3 heterocycles. The Bertz CT molecular complexity index is 1560. The summed E-state index contributed by atoms with van der Waals surface area (Å²) in [6.07, 6.45) is -4.01. The van der Waals surface area contributed by atoms with Gasteiger partial charge in [0.1, 0.15) is 12.0 Å². The Morgan fingerprint density at radius 2 is 1.76 bits per heavy atom. The van der Waals surface area contributed by atoms with Crippen molar-refractivity contribution in [2.75, 3.05) is 11.9 Å². The van der Waals surface area contributed by atoms with Crippen molar-refractivity contribution in [3.63, 3.8) is 0 Å². The van der Waals surface area contributed by atoms with Gasteiger partial charge in [0.2, 0.25) is 0 Å². The number of carbonyl (C=O) groups is 2. The third-order valence-corrected chi connectivity index (χ3v) is 5.35. The number of ether oxygens (including phenoxy) is 1. The molecule has 1 aromatic carbocycles. The van der Waals surface area contributed by atoms with Gasteiger partial charge in [0.25, 0.3) is 17.7 Å². The number of esters is 1. The summed E-state index contributed by atoms with van der Waals surface area (Å²) in [5.74, 6) is -8.45. The van der Waals surface area contributed by atoms with Crippen LogP contribution in [0.1, 0.15) is 17.5 Å². The fourth-order valence-corrected chi connectivity index (χ4v) is 3.43. The molecule has 3 aromatic heterocycles. The molecule has 0 saturated carbocycles. The average Bonchev–Trinajstić information content (AvgIpc) is 3.49. The van der Waals surface area contributed by atoms with Crippen molar-refractivity contribution in [1.29, 1.82) is 0 Å². The minimum absolute atomic E-state index is 0.306. The number of hydrogen-bond donors (Lipinski definition) is 2. The third-order valence-electron chi connectivity index (χ3n) is 5.35. The summed E-state index contributed by atoms with van der Waals surface area (Å²) in [7, 11) is 0. The minimum Gasteiger partial charge on any atom is -0.425 e. The van der Waals surface area contributed by atoms with Crippen LogP contribution in [0.4, 0.5) is 27.8 Å². The van der Waals surface area contributed by atoms with E-state index < -0.39 is 53.8 Å². The van der Waals surface area contributed by atoms with Gasteiger partial charge in [-0.25, -0.2) is 14.5 Å². The van der Waals surface area contributed by atoms with Crippen LogP contribution < -0.4 is 16.2 Å². The molecular formula is C23H18F5N9O4. The Balaban J connectivity index is 1.59. The van der Waals surface area contributed by atoms with Gasteiger partial charge >= 0.3 is 18.1 Å². The molecule has 4 rings (SSSR count). The summed E-state index contributed by atoms with van der Waals surface area (Å²) >= 11 is 0. The number of halogens is 5. The predicted molar refractivity (Wildman–Crippen MR) is 127 cm³/mol. The number of nitrogens with zero attached hydrogens (tertiary/aromatic N) is 7. The number of carbonyl (C=O) groups excluding carboxylic acids is 2. The van der Waals surface area contributed by atoms with Crippen LogP contribution in [0, 0.1) is 0 Å². The van der Waals surface area contributed by atoms with E-state index in [0.29, 0.717) is 15.8 Å². The normalized spacial score (nSPS) is 12.4. The number of hydrogen-bond acceptors (Lipinski definition) is 10. The highest BCUT2D eigenvalue weighted by atomic mass is 19.4. The number of para-hydroxylation sites is 1. The molecule has 0 bridgehead atoms. The highest BCUT2D eigenvalue weighted by molar-refractivity contribution is 5.83. The number of benzene rings is 1. The van der Waals surface area contributed by atoms with E-state index in [9.17, 15) is 36.3 Å². The number of rotatable bonds is 10. The topological polar surface area (TPSA) is 159 Å². The van der Waals surface area contributed by atoms with Gasteiger partial charge < -0.3 is 15.4 Å². The van der Waals surface area contributed by atoms with Crippen molar-refractivity contribution < 1.29 is 36.3 Å². The van der Waals surface area contributed by atoms with E-state index in [0.717, 1.165) is 24.7 Å². The van der Waals surface area contributed by atoms with Crippen LogP contribution in [0.25, 0.3) is 5.69 Å². The van der Waals surface area contributed by atoms with Crippen LogP contribution in [0.3, 0.4) is 0 Å². The predicted octanol–water partition coefficient (Wildman–Crippen LogP) is 1.74. The van der Waals surface area contributed by atoms with Gasteiger partial charge in [0, 0.05) is 25.1 Å². The highest BCUT2D eigenvalue weighted by Gasteiger charge is 2.44. The quantitative estimate of drug-likeness (QED) is 0.209. The van der Waals surface area contributed by atoms with Crippen LogP contribution in [0.2, 0.25) is 0 Å². The number of aromatic nitrogens is 7. The Morgan fingerprint density at radius 1 is 1.00 bits per heavy atom. The molecule has 0 spiro atoms. The van der Waals surface area contributed by atoms with Crippen LogP contribution >= 0.6 is 0 Å². The number of anilines is 1. The molecule has 1 unspecified atom stereocenters. The third kappa shape index (κ3) is 6.84. The standard InChI is InChI=1S/C23H18F5N9O4/c24-22(25,16-7-3-4-8-29-16)12-32-17-19(39)36(10-9-30-17)20(41-21(40)23(26,27)28)18(38)31-11-14-5-1-2-6-15(14)37-13-33-34-35-37/h1-10,13,20H,11-12H2,(H,30,32)(H,31,38). The van der Waals surface area contributed by atoms with Gasteiger partial charge in [0.05, 0.1) is 12.2 Å². The lowest BCUT2D eigenvalue weighted by Gasteiger charge is -2.21. The second-order valence-corrected chi connectivity index (χ2v) is 8.12. The minimum atomic E-state index is -5.52. The van der Waals surface area contributed by atoms with Crippen molar-refractivity contribution in [1.82, 2.24) is 40.1 Å². The number of nitrogens with one attached hydrogen (secondary N) is 2. The van der Waals surface area contributed by atoms with Crippen molar-refractivity contribution in [2.24, 2.45) is 0 Å². The Labute approximate surface area is 226 Å². The smallest absolute Gasteiger partial charge is 0.425 e. The van der Waals surface area contributed by atoms with E-state index in [-0.39, 0.29) is 6.54 Å². The summed E-state index contributed by atoms with van der Waals surface area (Å²) in [4.78, 5) is 44.8. The van der Waals surface area contributed by atoms with Crippen molar-refractivity contribution in [3.05, 3.63) is 89.0 Å². The van der Waals surface area contributed by atoms with E-state index in [1.807, 2.05) is 0 Å². The van der Waals surface area contributed by atoms with E-state index in [1.165, 1.54) is 23.1 Å². The van der Waals surface area contributed by atoms with E-state index in [4.69, 9.17) is 0 Å². The number of amides is 1. The summed E-state index contributed by atoms with van der Waals surface area (Å²) in [6, 6.07) is 10.2. The maximum absolute atomic E-state index is 14.5. The molecule has 18 heteroatoms. The first-order valence-electron chi connectivity index (χ1n) is 11.4. The molecule has 214 valence electrons. The maximum atomic E-state index is 14.5. The zero-order valence-electron chi connectivity index (χ0n) is 20.5. The van der Waals surface area contributed by atoms with Gasteiger partial charge in [-0.1, -0.05) is 24.3 Å². The zero-order valence-corrected chi connectivity index (χ0v) is 20.5. The van der Waals surface area contributed by atoms with Crippen molar-refractivity contribution in [2.45, 2.75) is 24.9 Å². The largest absolute Gasteiger partial charge is 0.491 e. The van der Waals surface area contributed by atoms with Gasteiger partial charge in [-0.15, -0.1) is 5.10 Å². The lowest BCUT2D eigenvalue weighted by molar-refractivity contribution is -0.209. The average molecular weight is 579 g/mol. The molecule has 0 aliphatic rings. The molecule has 1 amide bonds. The molecule has 0 aliphatic heterocycles. The van der Waals surface area contributed by atoms with Gasteiger partial charge in [-0.3, -0.25) is 19.1 Å². The first-order chi connectivity index (χ1) is 19.5. The summed E-state index contributed by atoms with van der Waals surface area (Å²) in [6.45, 7) is -1.50. The highest BCUT2D eigenvalue weighted by Crippen LogP contribution is 2.26. The fourth-order valence-electron chi connectivity index (χ4n) is 3.43. The molecular weight excluding hydrogens is 561 g/mol. The fraction of sp³-hybridized carbons (Fsp3) is 0.217. The molecule has 2 N–H and O–H groups in total. The summed E-state index contributed by atoms with van der Waals surface area (Å²) in [5, 5.41) is 15.1. The monoisotopic (exact) mass is 579 g/mol. The van der Waals surface area contributed by atoms with Gasteiger partial charge in [-0.05, 0) is 34.2 Å². The van der Waals surface area contributed by atoms with Crippen LogP contribution in [0.5, 0.6) is 0 Å². The molecule has 0 saturated heterocycles. The molecule has 4 aromatic rings. The van der Waals surface area contributed by atoms with E-state index in [2.05, 4.69) is 40.9 Å². The van der Waals surface area contributed by atoms with Gasteiger partial charge in [0.15, 0.2) is 5.82 Å². The van der Waals surface area contributed by atoms with Crippen LogP contribution in [-0.4, -0.2) is 59.3 Å². The summed E-state index contributed by atoms with van der Waals surface area (Å²) < 4.78 is 74.0. The molecule has 13 nitrogen and oxygen atoms in total. The maximum Gasteiger partial charge on any atom is 0.491 e. The lowest BCUT2D eigenvalue weighted by Crippen LogP contribution is -2.42. The van der Waals surface area contributed by atoms with Gasteiger partial charge in [-0.2, -0.15) is 22.0 Å². The van der Waals surface area contributed by atoms with Crippen LogP contribution in [0.15, 0.2) is 72.2 Å². The second-order valence-electron chi connectivity index (χ2n) is 8.12. The Morgan fingerprint density at radius 3 is 2.44 bits per heavy atom. The van der Waals surface area contributed by atoms with Crippen molar-refractivity contribution in [3.8, 4) is 5.69 Å². The van der Waals surface area contributed by atoms with E-state index >= 15 is 0 Å². The molecule has 0 aliphatic carbocycles. The first-order valence-corrected chi connectivity index (χ1v) is 11.4. The van der Waals surface area contributed by atoms with E-state index in [1.54, 1.807) is 24.3 Å². The molecule has 0 fully saturated rings.